The van der Waals surface area contributed by atoms with Gasteiger partial charge in [-0.05, 0) is 26.7 Å². The molecular formula is C13H23N5O. The molecule has 0 saturated heterocycles. The monoisotopic (exact) mass is 265 g/mol. The third-order valence-corrected chi connectivity index (χ3v) is 3.59. The number of aryl methyl sites for hydroxylation is 2. The van der Waals surface area contributed by atoms with Crippen LogP contribution in [0.1, 0.15) is 44.8 Å². The number of fused-ring (bicyclic) bond motifs is 1. The number of hydrogen-bond acceptors (Lipinski definition) is 4. The minimum atomic E-state index is -0.784. The molecule has 106 valence electrons. The molecule has 3 N–H and O–H groups in total. The summed E-state index contributed by atoms with van der Waals surface area (Å²) in [6.07, 6.45) is 3.34. The van der Waals surface area contributed by atoms with Crippen molar-refractivity contribution < 1.29 is 4.79 Å². The first-order valence-electron chi connectivity index (χ1n) is 6.92. The highest BCUT2D eigenvalue weighted by molar-refractivity contribution is 5.85. The first-order valence-corrected chi connectivity index (χ1v) is 6.92. The van der Waals surface area contributed by atoms with Gasteiger partial charge in [-0.2, -0.15) is 5.10 Å². The van der Waals surface area contributed by atoms with Crippen LogP contribution in [0.3, 0.4) is 0 Å². The van der Waals surface area contributed by atoms with Crippen molar-refractivity contribution in [3.63, 3.8) is 0 Å². The lowest BCUT2D eigenvalue weighted by Crippen LogP contribution is -2.55. The zero-order chi connectivity index (χ0) is 14.0. The van der Waals surface area contributed by atoms with E-state index in [2.05, 4.69) is 15.4 Å². The molecule has 1 aliphatic rings. The summed E-state index contributed by atoms with van der Waals surface area (Å²) in [6, 6.07) is 0.0980. The highest BCUT2D eigenvalue weighted by Crippen LogP contribution is 2.15. The highest BCUT2D eigenvalue weighted by Gasteiger charge is 2.30. The van der Waals surface area contributed by atoms with Gasteiger partial charge in [0, 0.05) is 12.5 Å². The van der Waals surface area contributed by atoms with Gasteiger partial charge in [0.2, 0.25) is 5.91 Å². The number of nitrogens with zero attached hydrogens (tertiary/aromatic N) is 3. The van der Waals surface area contributed by atoms with Crippen molar-refractivity contribution in [1.82, 2.24) is 20.1 Å². The molecule has 6 heteroatoms. The molecule has 0 saturated carbocycles. The van der Waals surface area contributed by atoms with Gasteiger partial charge in [-0.3, -0.25) is 4.79 Å². The van der Waals surface area contributed by atoms with Crippen LogP contribution in [-0.2, 0) is 17.8 Å². The van der Waals surface area contributed by atoms with Crippen LogP contribution in [-0.4, -0.2) is 32.3 Å². The second kappa shape index (κ2) is 5.28. The van der Waals surface area contributed by atoms with Crippen molar-refractivity contribution in [3.8, 4) is 0 Å². The SMILES string of the molecule is CCCC(C)(N)C(=O)NC1CCc2nc(C)nn2C1. The number of aromatic nitrogens is 3. The van der Waals surface area contributed by atoms with Crippen LogP contribution in [0.15, 0.2) is 0 Å². The summed E-state index contributed by atoms with van der Waals surface area (Å²) >= 11 is 0. The Morgan fingerprint density at radius 2 is 2.37 bits per heavy atom. The molecule has 2 atom stereocenters. The number of rotatable bonds is 4. The highest BCUT2D eigenvalue weighted by atomic mass is 16.2. The molecule has 0 spiro atoms. The molecule has 0 aromatic carbocycles. The summed E-state index contributed by atoms with van der Waals surface area (Å²) in [5, 5.41) is 7.37. The summed E-state index contributed by atoms with van der Waals surface area (Å²) in [5.41, 5.74) is 5.26. The number of carbonyl (C=O) groups excluding carboxylic acids is 1. The van der Waals surface area contributed by atoms with E-state index in [9.17, 15) is 4.79 Å². The molecule has 2 unspecified atom stereocenters. The molecule has 19 heavy (non-hydrogen) atoms. The van der Waals surface area contributed by atoms with Gasteiger partial charge in [-0.1, -0.05) is 13.3 Å². The normalized spacial score (nSPS) is 21.6. The minimum Gasteiger partial charge on any atom is -0.350 e. The lowest BCUT2D eigenvalue weighted by Gasteiger charge is -2.29. The summed E-state index contributed by atoms with van der Waals surface area (Å²) in [6.45, 7) is 6.39. The maximum atomic E-state index is 12.2. The quantitative estimate of drug-likeness (QED) is 0.831. The van der Waals surface area contributed by atoms with E-state index in [1.807, 2.05) is 18.5 Å². The number of carbonyl (C=O) groups is 1. The Morgan fingerprint density at radius 1 is 1.63 bits per heavy atom. The molecule has 0 fully saturated rings. The van der Waals surface area contributed by atoms with Crippen LogP contribution in [0.5, 0.6) is 0 Å². The average molecular weight is 265 g/mol. The van der Waals surface area contributed by atoms with Crippen molar-refractivity contribution in [2.45, 2.75) is 64.6 Å². The molecule has 0 aliphatic carbocycles. The molecule has 1 aromatic heterocycles. The zero-order valence-corrected chi connectivity index (χ0v) is 11.9. The van der Waals surface area contributed by atoms with Crippen molar-refractivity contribution >= 4 is 5.91 Å². The Labute approximate surface area is 113 Å². The van der Waals surface area contributed by atoms with Crippen LogP contribution < -0.4 is 11.1 Å². The fourth-order valence-corrected chi connectivity index (χ4v) is 2.53. The van der Waals surface area contributed by atoms with E-state index in [4.69, 9.17) is 5.73 Å². The van der Waals surface area contributed by atoms with Crippen LogP contribution in [0.25, 0.3) is 0 Å². The van der Waals surface area contributed by atoms with Gasteiger partial charge >= 0.3 is 0 Å². The minimum absolute atomic E-state index is 0.0698. The number of nitrogens with two attached hydrogens (primary N) is 1. The van der Waals surface area contributed by atoms with Crippen LogP contribution in [0, 0.1) is 6.92 Å². The Bertz CT molecular complexity index is 466. The predicted molar refractivity (Wildman–Crippen MR) is 72.5 cm³/mol. The second-order valence-electron chi connectivity index (χ2n) is 5.63. The first-order chi connectivity index (χ1) is 8.92. The predicted octanol–water partition coefficient (Wildman–Crippen LogP) is 0.535. The van der Waals surface area contributed by atoms with Gasteiger partial charge in [-0.25, -0.2) is 9.67 Å². The fraction of sp³-hybridized carbons (Fsp3) is 0.769. The second-order valence-corrected chi connectivity index (χ2v) is 5.63. The van der Waals surface area contributed by atoms with Crippen molar-refractivity contribution in [3.05, 3.63) is 11.6 Å². The molecule has 1 amide bonds. The van der Waals surface area contributed by atoms with E-state index >= 15 is 0 Å². The van der Waals surface area contributed by atoms with E-state index in [1.54, 1.807) is 6.92 Å². The van der Waals surface area contributed by atoms with Crippen molar-refractivity contribution in [2.75, 3.05) is 0 Å². The van der Waals surface area contributed by atoms with Gasteiger partial charge < -0.3 is 11.1 Å². The first kappa shape index (κ1) is 14.0. The standard InChI is InChI=1S/C13H23N5O/c1-4-7-13(3,14)12(19)16-10-5-6-11-15-9(2)17-18(11)8-10/h10H,4-8,14H2,1-3H3,(H,16,19). The summed E-state index contributed by atoms with van der Waals surface area (Å²) in [4.78, 5) is 16.5. The molecule has 1 aliphatic heterocycles. The Hall–Kier alpha value is -1.43. The van der Waals surface area contributed by atoms with E-state index in [0.29, 0.717) is 13.0 Å². The lowest BCUT2D eigenvalue weighted by molar-refractivity contribution is -0.127. The average Bonchev–Trinajstić information content (AvgIpc) is 2.68. The van der Waals surface area contributed by atoms with Crippen LogP contribution in [0.4, 0.5) is 0 Å². The summed E-state index contributed by atoms with van der Waals surface area (Å²) in [5.74, 6) is 1.73. The molecule has 2 heterocycles. The summed E-state index contributed by atoms with van der Waals surface area (Å²) < 4.78 is 1.89. The van der Waals surface area contributed by atoms with E-state index < -0.39 is 5.54 Å². The van der Waals surface area contributed by atoms with Gasteiger partial charge in [0.25, 0.3) is 0 Å². The third-order valence-electron chi connectivity index (χ3n) is 3.59. The maximum Gasteiger partial charge on any atom is 0.240 e. The molecule has 0 bridgehead atoms. The topological polar surface area (TPSA) is 85.8 Å². The van der Waals surface area contributed by atoms with Gasteiger partial charge in [-0.15, -0.1) is 0 Å². The number of amides is 1. The third kappa shape index (κ3) is 3.12. The molecule has 1 aromatic rings. The largest absolute Gasteiger partial charge is 0.350 e. The van der Waals surface area contributed by atoms with Gasteiger partial charge in [0.05, 0.1) is 12.1 Å². The van der Waals surface area contributed by atoms with Crippen molar-refractivity contribution in [2.24, 2.45) is 5.73 Å². The van der Waals surface area contributed by atoms with E-state index in [1.165, 1.54) is 0 Å². The van der Waals surface area contributed by atoms with Crippen molar-refractivity contribution in [1.29, 1.82) is 0 Å². The molecule has 2 rings (SSSR count). The van der Waals surface area contributed by atoms with Gasteiger partial charge in [0.1, 0.15) is 11.6 Å². The zero-order valence-electron chi connectivity index (χ0n) is 11.9. The Balaban J connectivity index is 1.97. The summed E-state index contributed by atoms with van der Waals surface area (Å²) in [7, 11) is 0. The molecular weight excluding hydrogens is 242 g/mol. The fourth-order valence-electron chi connectivity index (χ4n) is 2.53. The lowest BCUT2D eigenvalue weighted by atomic mass is 9.95. The Kier molecular flexibility index (Phi) is 3.89. The number of nitrogens with one attached hydrogen (secondary N) is 1. The van der Waals surface area contributed by atoms with E-state index in [-0.39, 0.29) is 11.9 Å². The molecule has 0 radical (unpaired) electrons. The number of hydrogen-bond donors (Lipinski definition) is 2. The maximum absolute atomic E-state index is 12.2. The molecule has 6 nitrogen and oxygen atoms in total. The van der Waals surface area contributed by atoms with E-state index in [0.717, 1.165) is 30.9 Å². The smallest absolute Gasteiger partial charge is 0.240 e. The van der Waals surface area contributed by atoms with Crippen LogP contribution >= 0.6 is 0 Å². The Morgan fingerprint density at radius 3 is 3.05 bits per heavy atom. The van der Waals surface area contributed by atoms with Gasteiger partial charge in [0.15, 0.2) is 0 Å². The van der Waals surface area contributed by atoms with Crippen LogP contribution in [0.2, 0.25) is 0 Å².